The Bertz CT molecular complexity index is 580. The van der Waals surface area contributed by atoms with Gasteiger partial charge in [0.25, 0.3) is 5.91 Å². The van der Waals surface area contributed by atoms with Crippen molar-refractivity contribution in [2.75, 3.05) is 26.8 Å². The number of carboxylic acid groups (broad SMARTS) is 1. The number of rotatable bonds is 6. The van der Waals surface area contributed by atoms with Crippen LogP contribution in [-0.2, 0) is 9.53 Å². The van der Waals surface area contributed by atoms with Crippen LogP contribution < -0.4 is 0 Å². The van der Waals surface area contributed by atoms with E-state index in [-0.39, 0.29) is 12.5 Å². The van der Waals surface area contributed by atoms with Gasteiger partial charge in [0.2, 0.25) is 0 Å². The summed E-state index contributed by atoms with van der Waals surface area (Å²) >= 11 is 0. The maximum absolute atomic E-state index is 12.7. The minimum absolute atomic E-state index is 0.142. The lowest BCUT2D eigenvalue weighted by molar-refractivity contribution is -0.152. The Labute approximate surface area is 136 Å². The molecule has 0 bridgehead atoms. The molecule has 0 aromatic carbocycles. The number of ether oxygens (including phenoxy) is 1. The summed E-state index contributed by atoms with van der Waals surface area (Å²) in [4.78, 5) is 26.2. The minimum atomic E-state index is -0.876. The summed E-state index contributed by atoms with van der Waals surface area (Å²) in [5, 5.41) is 9.72. The second-order valence-corrected chi connectivity index (χ2v) is 6.34. The van der Waals surface area contributed by atoms with Crippen molar-refractivity contribution in [1.82, 2.24) is 4.90 Å². The van der Waals surface area contributed by atoms with Crippen LogP contribution in [0.25, 0.3) is 0 Å². The Morgan fingerprint density at radius 2 is 2.17 bits per heavy atom. The van der Waals surface area contributed by atoms with E-state index in [1.165, 1.54) is 0 Å². The SMILES string of the molecule is COCCC[C@]1(C(=O)O)CCCN(C(=O)c2cc(C)oc2C)C1. The molecule has 1 amide bonds. The standard InChI is InChI=1S/C17H25NO5/c1-12-10-14(13(2)23-12)15(19)18-8-4-6-17(11-18,16(20)21)7-5-9-22-3/h10H,4-9,11H2,1-3H3,(H,20,21)/t17-/m1/s1. The van der Waals surface area contributed by atoms with E-state index in [0.717, 1.165) is 0 Å². The summed E-state index contributed by atoms with van der Waals surface area (Å²) in [7, 11) is 1.61. The normalized spacial score (nSPS) is 21.4. The third kappa shape index (κ3) is 3.75. The number of hydrogen-bond acceptors (Lipinski definition) is 4. The van der Waals surface area contributed by atoms with Crippen LogP contribution >= 0.6 is 0 Å². The van der Waals surface area contributed by atoms with Crippen molar-refractivity contribution in [3.63, 3.8) is 0 Å². The van der Waals surface area contributed by atoms with Crippen LogP contribution in [0.3, 0.4) is 0 Å². The van der Waals surface area contributed by atoms with Gasteiger partial charge in [-0.2, -0.15) is 0 Å². The molecule has 6 nitrogen and oxygen atoms in total. The van der Waals surface area contributed by atoms with Crippen molar-refractivity contribution >= 4 is 11.9 Å². The van der Waals surface area contributed by atoms with Crippen molar-refractivity contribution in [3.05, 3.63) is 23.2 Å². The molecule has 2 heterocycles. The number of furan rings is 1. The van der Waals surface area contributed by atoms with Crippen LogP contribution in [0, 0.1) is 19.3 Å². The van der Waals surface area contributed by atoms with Gasteiger partial charge in [-0.1, -0.05) is 0 Å². The van der Waals surface area contributed by atoms with E-state index in [4.69, 9.17) is 9.15 Å². The van der Waals surface area contributed by atoms with Crippen molar-refractivity contribution in [3.8, 4) is 0 Å². The molecule has 128 valence electrons. The Morgan fingerprint density at radius 1 is 1.43 bits per heavy atom. The molecule has 1 aromatic heterocycles. The molecule has 23 heavy (non-hydrogen) atoms. The highest BCUT2D eigenvalue weighted by atomic mass is 16.5. The zero-order valence-electron chi connectivity index (χ0n) is 14.1. The summed E-state index contributed by atoms with van der Waals surface area (Å²) in [5.74, 6) is 0.299. The predicted octanol–water partition coefficient (Wildman–Crippen LogP) is 2.63. The quantitative estimate of drug-likeness (QED) is 0.814. The Balaban J connectivity index is 2.16. The van der Waals surface area contributed by atoms with E-state index in [1.54, 1.807) is 31.9 Å². The second kappa shape index (κ2) is 7.17. The lowest BCUT2D eigenvalue weighted by Crippen LogP contribution is -2.50. The number of likely N-dealkylation sites (tertiary alicyclic amines) is 1. The molecule has 1 N–H and O–H groups in total. The van der Waals surface area contributed by atoms with Gasteiger partial charge in [-0.15, -0.1) is 0 Å². The summed E-state index contributed by atoms with van der Waals surface area (Å²) in [6.07, 6.45) is 2.48. The van der Waals surface area contributed by atoms with Gasteiger partial charge < -0.3 is 19.2 Å². The summed E-state index contributed by atoms with van der Waals surface area (Å²) in [6.45, 7) is 4.92. The fourth-order valence-corrected chi connectivity index (χ4v) is 3.36. The Morgan fingerprint density at radius 3 is 2.74 bits per heavy atom. The molecule has 0 radical (unpaired) electrons. The van der Waals surface area contributed by atoms with E-state index >= 15 is 0 Å². The topological polar surface area (TPSA) is 80.0 Å². The molecule has 0 aliphatic carbocycles. The summed E-state index contributed by atoms with van der Waals surface area (Å²) in [5.41, 5.74) is -0.348. The highest BCUT2D eigenvalue weighted by Gasteiger charge is 2.43. The first-order chi connectivity index (χ1) is 10.9. The number of hydrogen-bond donors (Lipinski definition) is 1. The van der Waals surface area contributed by atoms with Crippen molar-refractivity contribution in [2.45, 2.75) is 39.5 Å². The van der Waals surface area contributed by atoms with Gasteiger partial charge >= 0.3 is 5.97 Å². The fourth-order valence-electron chi connectivity index (χ4n) is 3.36. The number of nitrogens with zero attached hydrogens (tertiary/aromatic N) is 1. The van der Waals surface area contributed by atoms with Crippen molar-refractivity contribution in [2.24, 2.45) is 5.41 Å². The van der Waals surface area contributed by atoms with Crippen LogP contribution in [0.1, 0.15) is 47.6 Å². The number of carbonyl (C=O) groups excluding carboxylic acids is 1. The second-order valence-electron chi connectivity index (χ2n) is 6.34. The molecule has 0 spiro atoms. The first-order valence-electron chi connectivity index (χ1n) is 7.98. The smallest absolute Gasteiger partial charge is 0.311 e. The van der Waals surface area contributed by atoms with E-state index in [9.17, 15) is 14.7 Å². The van der Waals surface area contributed by atoms with Crippen LogP contribution in [0.4, 0.5) is 0 Å². The highest BCUT2D eigenvalue weighted by Crippen LogP contribution is 2.36. The third-order valence-electron chi connectivity index (χ3n) is 4.59. The molecule has 1 atom stereocenters. The van der Waals surface area contributed by atoms with Crippen molar-refractivity contribution in [1.29, 1.82) is 0 Å². The molecular formula is C17H25NO5. The maximum Gasteiger partial charge on any atom is 0.311 e. The first-order valence-corrected chi connectivity index (χ1v) is 7.98. The number of methoxy groups -OCH3 is 1. The Kier molecular flexibility index (Phi) is 5.46. The van der Waals surface area contributed by atoms with Gasteiger partial charge in [-0.3, -0.25) is 9.59 Å². The van der Waals surface area contributed by atoms with E-state index < -0.39 is 11.4 Å². The molecule has 1 saturated heterocycles. The van der Waals surface area contributed by atoms with E-state index in [0.29, 0.717) is 55.9 Å². The minimum Gasteiger partial charge on any atom is -0.481 e. The fraction of sp³-hybridized carbons (Fsp3) is 0.647. The molecule has 0 saturated carbocycles. The van der Waals surface area contributed by atoms with Gasteiger partial charge in [0, 0.05) is 26.8 Å². The molecule has 1 aromatic rings. The average molecular weight is 323 g/mol. The van der Waals surface area contributed by atoms with Crippen molar-refractivity contribution < 1.29 is 23.8 Å². The molecule has 1 aliphatic rings. The van der Waals surface area contributed by atoms with Gasteiger partial charge in [-0.05, 0) is 45.6 Å². The lowest BCUT2D eigenvalue weighted by atomic mass is 9.76. The number of carboxylic acids is 1. The highest BCUT2D eigenvalue weighted by molar-refractivity contribution is 5.95. The third-order valence-corrected chi connectivity index (χ3v) is 4.59. The zero-order valence-corrected chi connectivity index (χ0v) is 14.1. The van der Waals surface area contributed by atoms with E-state index in [1.807, 2.05) is 0 Å². The molecule has 0 unspecified atom stereocenters. The molecule has 1 fully saturated rings. The number of aliphatic carboxylic acids is 1. The number of piperidine rings is 1. The monoisotopic (exact) mass is 323 g/mol. The number of aryl methyl sites for hydroxylation is 2. The van der Waals surface area contributed by atoms with Gasteiger partial charge in [0.05, 0.1) is 11.0 Å². The molecule has 1 aliphatic heterocycles. The van der Waals surface area contributed by atoms with E-state index in [2.05, 4.69) is 0 Å². The molecular weight excluding hydrogens is 298 g/mol. The predicted molar refractivity (Wildman–Crippen MR) is 84.5 cm³/mol. The molecule has 6 heteroatoms. The zero-order chi connectivity index (χ0) is 17.0. The van der Waals surface area contributed by atoms with Gasteiger partial charge in [0.15, 0.2) is 0 Å². The maximum atomic E-state index is 12.7. The van der Waals surface area contributed by atoms with Crippen LogP contribution in [0.15, 0.2) is 10.5 Å². The first kappa shape index (κ1) is 17.5. The lowest BCUT2D eigenvalue weighted by Gasteiger charge is -2.40. The summed E-state index contributed by atoms with van der Waals surface area (Å²) in [6, 6.07) is 1.72. The largest absolute Gasteiger partial charge is 0.481 e. The van der Waals surface area contributed by atoms with Gasteiger partial charge in [-0.25, -0.2) is 0 Å². The average Bonchev–Trinajstić information content (AvgIpc) is 2.85. The van der Waals surface area contributed by atoms with Gasteiger partial charge in [0.1, 0.15) is 11.5 Å². The van der Waals surface area contributed by atoms with Crippen LogP contribution in [0.2, 0.25) is 0 Å². The Hall–Kier alpha value is -1.82. The molecule has 2 rings (SSSR count). The number of amides is 1. The number of carbonyl (C=O) groups is 2. The summed E-state index contributed by atoms with van der Waals surface area (Å²) < 4.78 is 10.5. The van der Waals surface area contributed by atoms with Crippen LogP contribution in [0.5, 0.6) is 0 Å². The van der Waals surface area contributed by atoms with Crippen LogP contribution in [-0.4, -0.2) is 48.7 Å².